The summed E-state index contributed by atoms with van der Waals surface area (Å²) in [4.78, 5) is 29.6. The number of sulfonamides is 1. The third-order valence-electron chi connectivity index (χ3n) is 7.39. The van der Waals surface area contributed by atoms with E-state index in [0.717, 1.165) is 32.8 Å². The molecule has 4 rings (SSSR count). The van der Waals surface area contributed by atoms with Crippen LogP contribution in [0.4, 0.5) is 0 Å². The molecule has 1 atom stereocenters. The molecule has 0 aliphatic rings. The van der Waals surface area contributed by atoms with E-state index in [1.165, 1.54) is 4.90 Å². The predicted octanol–water partition coefficient (Wildman–Crippen LogP) is 4.42. The maximum absolute atomic E-state index is 14.2. The van der Waals surface area contributed by atoms with Crippen LogP contribution < -0.4 is 14.8 Å². The van der Waals surface area contributed by atoms with E-state index >= 15 is 0 Å². The van der Waals surface area contributed by atoms with Crippen molar-refractivity contribution in [3.05, 3.63) is 131 Å². The molecule has 10 heteroatoms. The molecule has 0 saturated carbocycles. The molecule has 45 heavy (non-hydrogen) atoms. The maximum Gasteiger partial charge on any atom is 0.243 e. The highest BCUT2D eigenvalue weighted by Crippen LogP contribution is 2.19. The summed E-state index contributed by atoms with van der Waals surface area (Å²) in [5, 5.41) is 2.99. The normalized spacial score (nSPS) is 11.9. The first-order valence-corrected chi connectivity index (χ1v) is 16.4. The van der Waals surface area contributed by atoms with E-state index in [0.29, 0.717) is 11.5 Å². The third-order valence-corrected chi connectivity index (χ3v) is 8.59. The number of amides is 2. The molecule has 0 saturated heterocycles. The number of hydrogen-bond donors (Lipinski definition) is 1. The van der Waals surface area contributed by atoms with Crippen LogP contribution in [0.2, 0.25) is 0 Å². The molecule has 0 spiro atoms. The second-order valence-corrected chi connectivity index (χ2v) is 12.6. The molecule has 2 amide bonds. The Balaban J connectivity index is 1.67. The van der Waals surface area contributed by atoms with E-state index < -0.39 is 28.5 Å². The minimum Gasteiger partial charge on any atom is -0.497 e. The molecule has 0 fully saturated rings. The lowest BCUT2D eigenvalue weighted by Gasteiger charge is -2.33. The standard InChI is InChI=1S/C35H39N3O6S/c1-43-31-18-14-28(15-19-31)23-36-35(40)33(22-27-10-6-4-7-11-27)38(25-30-16-20-32(44-2)21-17-30)34(39)26-37(45(3,41)42)24-29-12-8-5-9-13-29/h4-21,33H,22-26H2,1-3H3,(H,36,40). The molecule has 236 valence electrons. The predicted molar refractivity (Wildman–Crippen MR) is 174 cm³/mol. The average Bonchev–Trinajstić information content (AvgIpc) is 3.06. The van der Waals surface area contributed by atoms with Gasteiger partial charge in [-0.3, -0.25) is 9.59 Å². The summed E-state index contributed by atoms with van der Waals surface area (Å²) < 4.78 is 37.4. The molecule has 9 nitrogen and oxygen atoms in total. The fraction of sp³-hybridized carbons (Fsp3) is 0.257. The highest BCUT2D eigenvalue weighted by Gasteiger charge is 2.33. The van der Waals surface area contributed by atoms with Gasteiger partial charge in [0.2, 0.25) is 21.8 Å². The molecular formula is C35H39N3O6S. The van der Waals surface area contributed by atoms with Crippen LogP contribution in [0.15, 0.2) is 109 Å². The smallest absolute Gasteiger partial charge is 0.243 e. The Morgan fingerprint density at radius 3 is 1.69 bits per heavy atom. The zero-order valence-corrected chi connectivity index (χ0v) is 26.6. The summed E-state index contributed by atoms with van der Waals surface area (Å²) in [6, 6.07) is 32.2. The van der Waals surface area contributed by atoms with Gasteiger partial charge in [-0.15, -0.1) is 0 Å². The van der Waals surface area contributed by atoms with Gasteiger partial charge in [0.25, 0.3) is 0 Å². The summed E-state index contributed by atoms with van der Waals surface area (Å²) in [6.45, 7) is -0.0862. The van der Waals surface area contributed by atoms with Gasteiger partial charge >= 0.3 is 0 Å². The number of hydrogen-bond acceptors (Lipinski definition) is 6. The molecule has 4 aromatic carbocycles. The van der Waals surface area contributed by atoms with Gasteiger partial charge in [-0.05, 0) is 46.5 Å². The van der Waals surface area contributed by atoms with Crippen molar-refractivity contribution in [3.63, 3.8) is 0 Å². The number of nitrogens with one attached hydrogen (secondary N) is 1. The van der Waals surface area contributed by atoms with Crippen molar-refractivity contribution >= 4 is 21.8 Å². The lowest BCUT2D eigenvalue weighted by Crippen LogP contribution is -2.53. The zero-order valence-electron chi connectivity index (χ0n) is 25.8. The van der Waals surface area contributed by atoms with Crippen LogP contribution in [0.25, 0.3) is 0 Å². The van der Waals surface area contributed by atoms with Crippen molar-refractivity contribution < 1.29 is 27.5 Å². The largest absolute Gasteiger partial charge is 0.497 e. The lowest BCUT2D eigenvalue weighted by atomic mass is 10.0. The van der Waals surface area contributed by atoms with Crippen molar-refractivity contribution in [2.24, 2.45) is 0 Å². The minimum absolute atomic E-state index is 0.0226. The molecule has 0 heterocycles. The number of nitrogens with zero attached hydrogens (tertiary/aromatic N) is 2. The molecule has 1 unspecified atom stereocenters. The Kier molecular flexibility index (Phi) is 11.7. The Morgan fingerprint density at radius 1 is 0.689 bits per heavy atom. The Labute approximate surface area is 265 Å². The van der Waals surface area contributed by atoms with Gasteiger partial charge < -0.3 is 19.7 Å². The van der Waals surface area contributed by atoms with Crippen LogP contribution in [0, 0.1) is 0 Å². The molecule has 0 aliphatic carbocycles. The maximum atomic E-state index is 14.2. The second-order valence-electron chi connectivity index (χ2n) is 10.7. The zero-order chi connectivity index (χ0) is 32.2. The lowest BCUT2D eigenvalue weighted by molar-refractivity contribution is -0.141. The minimum atomic E-state index is -3.77. The van der Waals surface area contributed by atoms with E-state index in [9.17, 15) is 18.0 Å². The monoisotopic (exact) mass is 629 g/mol. The van der Waals surface area contributed by atoms with E-state index in [2.05, 4.69) is 5.32 Å². The molecule has 0 aromatic heterocycles. The van der Waals surface area contributed by atoms with Crippen molar-refractivity contribution in [2.45, 2.75) is 32.1 Å². The van der Waals surface area contributed by atoms with Gasteiger partial charge in [-0.1, -0.05) is 84.9 Å². The van der Waals surface area contributed by atoms with Crippen LogP contribution >= 0.6 is 0 Å². The number of benzene rings is 4. The van der Waals surface area contributed by atoms with Crippen molar-refractivity contribution in [3.8, 4) is 11.5 Å². The van der Waals surface area contributed by atoms with Crippen molar-refractivity contribution in [1.82, 2.24) is 14.5 Å². The van der Waals surface area contributed by atoms with Gasteiger partial charge in [0.05, 0.1) is 27.0 Å². The van der Waals surface area contributed by atoms with E-state index in [1.807, 2.05) is 97.1 Å². The Hall–Kier alpha value is -4.67. The van der Waals surface area contributed by atoms with Crippen LogP contribution in [-0.2, 0) is 45.7 Å². The second kappa shape index (κ2) is 15.9. The highest BCUT2D eigenvalue weighted by atomic mass is 32.2. The SMILES string of the molecule is COc1ccc(CNC(=O)C(Cc2ccccc2)N(Cc2ccc(OC)cc2)C(=O)CN(Cc2ccccc2)S(C)(=O)=O)cc1. The topological polar surface area (TPSA) is 105 Å². The molecule has 0 aliphatic heterocycles. The molecule has 0 bridgehead atoms. The number of ether oxygens (including phenoxy) is 2. The number of carbonyl (C=O) groups excluding carboxylic acids is 2. The first kappa shape index (κ1) is 33.2. The third kappa shape index (κ3) is 9.92. The van der Waals surface area contributed by atoms with Gasteiger partial charge in [0, 0.05) is 26.1 Å². The quantitative estimate of drug-likeness (QED) is 0.209. The van der Waals surface area contributed by atoms with Gasteiger partial charge in [0.1, 0.15) is 17.5 Å². The summed E-state index contributed by atoms with van der Waals surface area (Å²) in [5.74, 6) is 0.508. The fourth-order valence-electron chi connectivity index (χ4n) is 4.85. The van der Waals surface area contributed by atoms with E-state index in [-0.39, 0.29) is 32.0 Å². The van der Waals surface area contributed by atoms with Crippen LogP contribution in [0.1, 0.15) is 22.3 Å². The Morgan fingerprint density at radius 2 is 1.18 bits per heavy atom. The Bertz CT molecular complexity index is 1630. The van der Waals surface area contributed by atoms with E-state index in [1.54, 1.807) is 26.4 Å². The molecular weight excluding hydrogens is 590 g/mol. The van der Waals surface area contributed by atoms with Crippen LogP contribution in [0.3, 0.4) is 0 Å². The summed E-state index contributed by atoms with van der Waals surface area (Å²) in [7, 11) is -0.615. The van der Waals surface area contributed by atoms with Gasteiger partial charge in [-0.2, -0.15) is 4.31 Å². The van der Waals surface area contributed by atoms with Crippen molar-refractivity contribution in [1.29, 1.82) is 0 Å². The van der Waals surface area contributed by atoms with Gasteiger partial charge in [-0.25, -0.2) is 8.42 Å². The van der Waals surface area contributed by atoms with Crippen LogP contribution in [0.5, 0.6) is 11.5 Å². The van der Waals surface area contributed by atoms with Crippen LogP contribution in [-0.4, -0.2) is 62.5 Å². The van der Waals surface area contributed by atoms with Gasteiger partial charge in [0.15, 0.2) is 0 Å². The first-order chi connectivity index (χ1) is 21.7. The number of carbonyl (C=O) groups is 2. The highest BCUT2D eigenvalue weighted by molar-refractivity contribution is 7.88. The number of rotatable bonds is 15. The summed E-state index contributed by atoms with van der Waals surface area (Å²) in [6.07, 6.45) is 1.31. The number of methoxy groups -OCH3 is 2. The molecule has 4 aromatic rings. The molecule has 0 radical (unpaired) electrons. The van der Waals surface area contributed by atoms with E-state index in [4.69, 9.17) is 9.47 Å². The summed E-state index contributed by atoms with van der Waals surface area (Å²) >= 11 is 0. The summed E-state index contributed by atoms with van der Waals surface area (Å²) in [5.41, 5.74) is 3.23. The first-order valence-electron chi connectivity index (χ1n) is 14.5. The average molecular weight is 630 g/mol. The fourth-order valence-corrected chi connectivity index (χ4v) is 5.58. The molecule has 1 N–H and O–H groups in total. The van der Waals surface area contributed by atoms with Crippen molar-refractivity contribution in [2.75, 3.05) is 27.0 Å².